The molecule has 1 atom stereocenters. The molecule has 3 aromatic rings. The predicted octanol–water partition coefficient (Wildman–Crippen LogP) is 5.42. The molecule has 1 fully saturated rings. The van der Waals surface area contributed by atoms with Crippen molar-refractivity contribution in [3.63, 3.8) is 0 Å². The van der Waals surface area contributed by atoms with Gasteiger partial charge in [0.15, 0.2) is 0 Å². The second kappa shape index (κ2) is 10.4. The van der Waals surface area contributed by atoms with E-state index in [4.69, 9.17) is 11.6 Å². The van der Waals surface area contributed by atoms with Crippen molar-refractivity contribution >= 4 is 33.2 Å². The fourth-order valence-electron chi connectivity index (χ4n) is 4.06. The quantitative estimate of drug-likeness (QED) is 0.496. The van der Waals surface area contributed by atoms with Gasteiger partial charge in [0.1, 0.15) is 0 Å². The molecule has 4 rings (SSSR count). The van der Waals surface area contributed by atoms with Gasteiger partial charge in [0.05, 0.1) is 16.9 Å². The Bertz CT molecular complexity index is 1330. The van der Waals surface area contributed by atoms with Crippen molar-refractivity contribution in [2.45, 2.75) is 30.1 Å². The molecule has 174 valence electrons. The lowest BCUT2D eigenvalue weighted by Crippen LogP contribution is -2.35. The second-order valence-electron chi connectivity index (χ2n) is 8.16. The van der Waals surface area contributed by atoms with Crippen molar-refractivity contribution in [2.75, 3.05) is 18.4 Å². The number of halogens is 1. The van der Waals surface area contributed by atoms with Crippen molar-refractivity contribution in [2.24, 2.45) is 0 Å². The van der Waals surface area contributed by atoms with Crippen LogP contribution in [0.3, 0.4) is 0 Å². The number of hydrogen-bond donors (Lipinski definition) is 1. The van der Waals surface area contributed by atoms with Crippen molar-refractivity contribution in [1.29, 1.82) is 5.26 Å². The van der Waals surface area contributed by atoms with Gasteiger partial charge in [0.2, 0.25) is 10.0 Å². The normalized spacial score (nSPS) is 15.3. The van der Waals surface area contributed by atoms with Gasteiger partial charge in [-0.1, -0.05) is 60.5 Å². The molecule has 0 bridgehead atoms. The summed E-state index contributed by atoms with van der Waals surface area (Å²) in [6, 6.07) is 22.7. The number of hydrogen-bond acceptors (Lipinski definition) is 4. The number of anilines is 1. The molecule has 3 aromatic carbocycles. The molecule has 1 heterocycles. The largest absolute Gasteiger partial charge is 0.322 e. The number of carbonyl (C=O) groups excluding carboxylic acids is 1. The third-order valence-corrected chi connectivity index (χ3v) is 8.10. The van der Waals surface area contributed by atoms with E-state index in [1.807, 2.05) is 30.3 Å². The van der Waals surface area contributed by atoms with Crippen molar-refractivity contribution < 1.29 is 13.2 Å². The average Bonchev–Trinajstić information content (AvgIpc) is 2.87. The zero-order valence-corrected chi connectivity index (χ0v) is 20.0. The van der Waals surface area contributed by atoms with E-state index in [0.29, 0.717) is 29.4 Å². The number of piperidine rings is 1. The summed E-state index contributed by atoms with van der Waals surface area (Å²) < 4.78 is 27.4. The van der Waals surface area contributed by atoms with Crippen LogP contribution in [0.15, 0.2) is 77.7 Å². The molecular formula is C26H24ClN3O3S. The lowest BCUT2D eigenvalue weighted by atomic mass is 9.92. The van der Waals surface area contributed by atoms with Gasteiger partial charge in [-0.15, -0.1) is 0 Å². The number of sulfonamides is 1. The Morgan fingerprint density at radius 1 is 0.971 bits per heavy atom. The van der Waals surface area contributed by atoms with Crippen molar-refractivity contribution in [1.82, 2.24) is 4.31 Å². The minimum atomic E-state index is -3.64. The monoisotopic (exact) mass is 493 g/mol. The zero-order chi connectivity index (χ0) is 24.1. The highest BCUT2D eigenvalue weighted by molar-refractivity contribution is 7.89. The van der Waals surface area contributed by atoms with Crippen LogP contribution in [0.4, 0.5) is 5.69 Å². The highest BCUT2D eigenvalue weighted by Crippen LogP contribution is 2.32. The van der Waals surface area contributed by atoms with Gasteiger partial charge in [-0.2, -0.15) is 9.57 Å². The van der Waals surface area contributed by atoms with Gasteiger partial charge in [0.25, 0.3) is 5.91 Å². The van der Waals surface area contributed by atoms with Crippen LogP contribution in [0.2, 0.25) is 5.02 Å². The number of amides is 1. The molecule has 1 saturated heterocycles. The smallest absolute Gasteiger partial charge is 0.255 e. The van der Waals surface area contributed by atoms with E-state index in [-0.39, 0.29) is 10.5 Å². The number of benzene rings is 3. The highest BCUT2D eigenvalue weighted by atomic mass is 35.5. The molecule has 0 aliphatic carbocycles. The molecule has 34 heavy (non-hydrogen) atoms. The summed E-state index contributed by atoms with van der Waals surface area (Å²) in [5.41, 5.74) is 2.16. The maximum absolute atomic E-state index is 13.0. The number of nitrogens with one attached hydrogen (secondary N) is 1. The van der Waals surface area contributed by atoms with E-state index in [9.17, 15) is 18.5 Å². The average molecular weight is 494 g/mol. The van der Waals surface area contributed by atoms with E-state index < -0.39 is 21.8 Å². The summed E-state index contributed by atoms with van der Waals surface area (Å²) in [6.45, 7) is 0.993. The Morgan fingerprint density at radius 2 is 1.71 bits per heavy atom. The Morgan fingerprint density at radius 3 is 2.38 bits per heavy atom. The number of nitriles is 1. The first-order chi connectivity index (χ1) is 16.4. The lowest BCUT2D eigenvalue weighted by Gasteiger charge is -2.26. The highest BCUT2D eigenvalue weighted by Gasteiger charge is 2.26. The third-order valence-electron chi connectivity index (χ3n) is 5.88. The lowest BCUT2D eigenvalue weighted by molar-refractivity contribution is 0.102. The summed E-state index contributed by atoms with van der Waals surface area (Å²) in [7, 11) is -3.64. The summed E-state index contributed by atoms with van der Waals surface area (Å²) in [5.74, 6) is -0.977. The first-order valence-corrected chi connectivity index (χ1v) is 12.9. The third kappa shape index (κ3) is 5.15. The van der Waals surface area contributed by atoms with Gasteiger partial charge in [-0.3, -0.25) is 4.79 Å². The summed E-state index contributed by atoms with van der Waals surface area (Å²) in [6.07, 6.45) is 2.70. The second-order valence-corrected chi connectivity index (χ2v) is 10.5. The number of carbonyl (C=O) groups is 1. The molecule has 1 unspecified atom stereocenters. The van der Waals surface area contributed by atoms with Crippen LogP contribution in [-0.4, -0.2) is 31.7 Å². The molecule has 1 aliphatic rings. The first kappa shape index (κ1) is 24.0. The van der Waals surface area contributed by atoms with Gasteiger partial charge < -0.3 is 5.32 Å². The van der Waals surface area contributed by atoms with E-state index in [1.165, 1.54) is 16.4 Å². The van der Waals surface area contributed by atoms with Crippen LogP contribution in [-0.2, 0) is 10.0 Å². The summed E-state index contributed by atoms with van der Waals surface area (Å²) >= 11 is 6.47. The molecule has 1 aliphatic heterocycles. The number of nitrogens with zero attached hydrogens (tertiary/aromatic N) is 2. The first-order valence-electron chi connectivity index (χ1n) is 11.1. The van der Waals surface area contributed by atoms with E-state index in [1.54, 1.807) is 30.3 Å². The minimum Gasteiger partial charge on any atom is -0.322 e. The van der Waals surface area contributed by atoms with Crippen molar-refractivity contribution in [3.8, 4) is 6.07 Å². The van der Waals surface area contributed by atoms with Gasteiger partial charge in [-0.25, -0.2) is 8.42 Å². The zero-order valence-electron chi connectivity index (χ0n) is 18.4. The van der Waals surface area contributed by atoms with Crippen LogP contribution in [0.25, 0.3) is 0 Å². The maximum atomic E-state index is 13.0. The Balaban J connectivity index is 1.53. The molecule has 0 spiro atoms. The summed E-state index contributed by atoms with van der Waals surface area (Å²) in [5, 5.41) is 12.8. The Hall–Kier alpha value is -3.18. The van der Waals surface area contributed by atoms with Crippen molar-refractivity contribution in [3.05, 3.63) is 94.5 Å². The Labute approximate surface area is 204 Å². The van der Waals surface area contributed by atoms with Crippen LogP contribution < -0.4 is 5.32 Å². The molecule has 0 aromatic heterocycles. The van der Waals surface area contributed by atoms with E-state index in [0.717, 1.165) is 24.8 Å². The maximum Gasteiger partial charge on any atom is 0.255 e. The fourth-order valence-corrected chi connectivity index (χ4v) is 5.92. The molecular weight excluding hydrogens is 470 g/mol. The molecule has 8 heteroatoms. The number of rotatable bonds is 6. The Kier molecular flexibility index (Phi) is 7.32. The standard InChI is InChI=1S/C26H24ClN3O3S/c27-25-17-21(12-13-23(25)24(18-28)19-8-3-1-4-9-19)29-26(31)20-10-7-11-22(16-20)34(32,33)30-14-5-2-6-15-30/h1,3-4,7-13,16-17,24H,2,5-6,14-15H2,(H,29,31). The molecule has 1 N–H and O–H groups in total. The molecule has 6 nitrogen and oxygen atoms in total. The SMILES string of the molecule is N#CC(c1ccccc1)c1ccc(NC(=O)c2cccc(S(=O)(=O)N3CCCCC3)c2)cc1Cl. The van der Waals surface area contributed by atoms with E-state index in [2.05, 4.69) is 11.4 Å². The fraction of sp³-hybridized carbons (Fsp3) is 0.231. The summed E-state index contributed by atoms with van der Waals surface area (Å²) in [4.78, 5) is 13.0. The van der Waals surface area contributed by atoms with Gasteiger partial charge in [-0.05, 0) is 54.3 Å². The van der Waals surface area contributed by atoms with Crippen LogP contribution in [0, 0.1) is 11.3 Å². The van der Waals surface area contributed by atoms with Crippen LogP contribution >= 0.6 is 11.6 Å². The van der Waals surface area contributed by atoms with Crippen LogP contribution in [0.1, 0.15) is 46.7 Å². The van der Waals surface area contributed by atoms with E-state index >= 15 is 0 Å². The minimum absolute atomic E-state index is 0.107. The molecule has 0 saturated carbocycles. The van der Waals surface area contributed by atoms with Gasteiger partial charge in [0, 0.05) is 29.4 Å². The van der Waals surface area contributed by atoms with Crippen LogP contribution in [0.5, 0.6) is 0 Å². The topological polar surface area (TPSA) is 90.3 Å². The molecule has 1 amide bonds. The predicted molar refractivity (Wildman–Crippen MR) is 132 cm³/mol. The van der Waals surface area contributed by atoms with Gasteiger partial charge >= 0.3 is 0 Å². The molecule has 0 radical (unpaired) electrons.